The number of carbonyl (C=O) groups excluding carboxylic acids is 2. The number of hydrogen-bond acceptors (Lipinski definition) is 6. The summed E-state index contributed by atoms with van der Waals surface area (Å²) in [5.74, 6) is -0.365. The molecule has 2 aromatic heterocycles. The van der Waals surface area contributed by atoms with Crippen molar-refractivity contribution in [3.05, 3.63) is 83.9 Å². The fraction of sp³-hybridized carbons (Fsp3) is 0.405. The fourth-order valence-corrected chi connectivity index (χ4v) is 7.81. The molecule has 10 heteroatoms. The second kappa shape index (κ2) is 11.6. The third-order valence-electron chi connectivity index (χ3n) is 10.5. The van der Waals surface area contributed by atoms with Gasteiger partial charge in [0.25, 0.3) is 5.91 Å². The van der Waals surface area contributed by atoms with Crippen LogP contribution in [-0.4, -0.2) is 63.2 Å². The van der Waals surface area contributed by atoms with Gasteiger partial charge < -0.3 is 25.4 Å². The largest absolute Gasteiger partial charge is 0.351 e. The lowest BCUT2D eigenvalue weighted by molar-refractivity contribution is -0.131. The minimum absolute atomic E-state index is 0.187. The third-order valence-corrected chi connectivity index (χ3v) is 10.5. The van der Waals surface area contributed by atoms with Gasteiger partial charge >= 0.3 is 0 Å². The van der Waals surface area contributed by atoms with Gasteiger partial charge in [0, 0.05) is 55.6 Å². The third kappa shape index (κ3) is 5.58. The van der Waals surface area contributed by atoms with Crippen LogP contribution in [0.3, 0.4) is 0 Å². The Labute approximate surface area is 274 Å². The van der Waals surface area contributed by atoms with Crippen molar-refractivity contribution in [1.82, 2.24) is 25.2 Å². The Hall–Kier alpha value is -4.57. The zero-order valence-corrected chi connectivity index (χ0v) is 26.8. The molecule has 2 aliphatic heterocycles. The maximum Gasteiger partial charge on any atom is 0.258 e. The number of piperazine rings is 1. The molecule has 1 saturated carbocycles. The molecule has 0 spiro atoms. The highest BCUT2D eigenvalue weighted by atomic mass is 19.1. The van der Waals surface area contributed by atoms with Crippen molar-refractivity contribution in [2.45, 2.75) is 75.2 Å². The quantitative estimate of drug-likeness (QED) is 0.251. The summed E-state index contributed by atoms with van der Waals surface area (Å²) >= 11 is 0. The highest BCUT2D eigenvalue weighted by molar-refractivity contribution is 6.00. The number of aromatic nitrogens is 3. The van der Waals surface area contributed by atoms with E-state index in [2.05, 4.69) is 50.1 Å². The number of aryl methyl sites for hydroxylation is 3. The summed E-state index contributed by atoms with van der Waals surface area (Å²) in [4.78, 5) is 38.6. The Bertz CT molecular complexity index is 1830. The molecule has 4 aliphatic rings. The number of carbonyl (C=O) groups is 2. The smallest absolute Gasteiger partial charge is 0.258 e. The SMILES string of the molecule is Cc1ncn(C)c1-c1ccc(NC(=O)C(NC(=O)C2(F)CC2)[C@@H]2CCCc3ccc(-c4ccnc(N5C[C@@H]6C[C@H]5CN6)c4)cc32)cc1. The van der Waals surface area contributed by atoms with Crippen LogP contribution in [0.4, 0.5) is 15.9 Å². The summed E-state index contributed by atoms with van der Waals surface area (Å²) in [7, 11) is 1.95. The molecule has 3 fully saturated rings. The highest BCUT2D eigenvalue weighted by Gasteiger charge is 2.52. The maximum absolute atomic E-state index is 15.0. The van der Waals surface area contributed by atoms with E-state index in [1.54, 1.807) is 6.33 Å². The molecule has 2 saturated heterocycles. The van der Waals surface area contributed by atoms with Crippen molar-refractivity contribution in [3.8, 4) is 22.4 Å². The number of alkyl halides is 1. The van der Waals surface area contributed by atoms with Crippen LogP contribution >= 0.6 is 0 Å². The van der Waals surface area contributed by atoms with Gasteiger partial charge in [-0.3, -0.25) is 9.59 Å². The molecule has 1 unspecified atom stereocenters. The van der Waals surface area contributed by atoms with E-state index < -0.39 is 17.6 Å². The number of benzene rings is 2. The molecule has 4 heterocycles. The molecule has 0 radical (unpaired) electrons. The molecule has 3 N–H and O–H groups in total. The van der Waals surface area contributed by atoms with Gasteiger partial charge in [-0.15, -0.1) is 0 Å². The van der Waals surface area contributed by atoms with Crippen molar-refractivity contribution < 1.29 is 14.0 Å². The Balaban J connectivity index is 1.08. The van der Waals surface area contributed by atoms with Crippen LogP contribution < -0.4 is 20.9 Å². The first kappa shape index (κ1) is 29.8. The Morgan fingerprint density at radius 3 is 2.53 bits per heavy atom. The van der Waals surface area contributed by atoms with Gasteiger partial charge in [0.15, 0.2) is 5.67 Å². The Morgan fingerprint density at radius 2 is 1.83 bits per heavy atom. The number of halogens is 1. The van der Waals surface area contributed by atoms with Gasteiger partial charge in [-0.1, -0.05) is 30.3 Å². The monoisotopic (exact) mass is 633 g/mol. The number of anilines is 2. The Kier molecular flexibility index (Phi) is 7.35. The highest BCUT2D eigenvalue weighted by Crippen LogP contribution is 2.42. The molecule has 2 bridgehead atoms. The normalized spacial score (nSPS) is 22.9. The summed E-state index contributed by atoms with van der Waals surface area (Å²) < 4.78 is 17.0. The fourth-order valence-electron chi connectivity index (χ4n) is 7.81. The molecule has 4 atom stereocenters. The predicted molar refractivity (Wildman–Crippen MR) is 180 cm³/mol. The summed E-state index contributed by atoms with van der Waals surface area (Å²) in [5, 5.41) is 9.45. The summed E-state index contributed by atoms with van der Waals surface area (Å²) in [6, 6.07) is 18.3. The van der Waals surface area contributed by atoms with E-state index in [1.807, 2.05) is 55.1 Å². The van der Waals surface area contributed by atoms with E-state index in [9.17, 15) is 14.0 Å². The lowest BCUT2D eigenvalue weighted by Crippen LogP contribution is -2.51. The summed E-state index contributed by atoms with van der Waals surface area (Å²) in [6.07, 6.45) is 7.64. The second-order valence-corrected chi connectivity index (χ2v) is 13.7. The van der Waals surface area contributed by atoms with Crippen LogP contribution in [0.5, 0.6) is 0 Å². The topological polar surface area (TPSA) is 104 Å². The van der Waals surface area contributed by atoms with Crippen molar-refractivity contribution in [1.29, 1.82) is 0 Å². The van der Waals surface area contributed by atoms with E-state index >= 15 is 0 Å². The number of nitrogens with one attached hydrogen (secondary N) is 3. The number of pyridine rings is 1. The van der Waals surface area contributed by atoms with Crippen molar-refractivity contribution in [2.75, 3.05) is 23.3 Å². The molecule has 9 nitrogen and oxygen atoms in total. The van der Waals surface area contributed by atoms with E-state index in [1.165, 1.54) is 0 Å². The number of imidazole rings is 1. The van der Waals surface area contributed by atoms with Crippen LogP contribution in [0.25, 0.3) is 22.4 Å². The Morgan fingerprint density at radius 1 is 1.04 bits per heavy atom. The molecule has 242 valence electrons. The van der Waals surface area contributed by atoms with Gasteiger partial charge in [0.05, 0.1) is 17.7 Å². The van der Waals surface area contributed by atoms with E-state index in [-0.39, 0.29) is 24.7 Å². The molecule has 2 aliphatic carbocycles. The first-order valence-corrected chi connectivity index (χ1v) is 16.7. The molecule has 4 aromatic rings. The van der Waals surface area contributed by atoms with Crippen LogP contribution in [0, 0.1) is 6.92 Å². The van der Waals surface area contributed by atoms with Crippen LogP contribution in [-0.2, 0) is 23.1 Å². The van der Waals surface area contributed by atoms with E-state index in [0.717, 1.165) is 77.4 Å². The first-order valence-electron chi connectivity index (χ1n) is 16.7. The zero-order valence-electron chi connectivity index (χ0n) is 26.8. The van der Waals surface area contributed by atoms with E-state index in [0.29, 0.717) is 24.2 Å². The standard InChI is InChI=1S/C37H40FN7O2/c1-22-34(44(2)21-41-22)24-8-10-27(11-9-24)42-35(46)33(43-36(47)37(38)13-14-37)30-5-3-4-23-6-7-25(16-31(23)30)26-12-15-39-32(17-26)45-20-28-18-29(45)19-40-28/h6-12,15-17,21,28-30,33,40H,3-5,13-14,18-20H2,1-2H3,(H,42,46)(H,43,47)/t28-,29-,30+,33?/m0/s1. The number of fused-ring (bicyclic) bond motifs is 3. The molecule has 2 amide bonds. The van der Waals surface area contributed by atoms with Gasteiger partial charge in [-0.05, 0) is 92.0 Å². The average Bonchev–Trinajstić information content (AvgIpc) is 3.37. The van der Waals surface area contributed by atoms with Crippen molar-refractivity contribution >= 4 is 23.3 Å². The molecular weight excluding hydrogens is 593 g/mol. The average molecular weight is 634 g/mol. The lowest BCUT2D eigenvalue weighted by atomic mass is 9.77. The number of nitrogens with zero attached hydrogens (tertiary/aromatic N) is 4. The van der Waals surface area contributed by atoms with Gasteiger partial charge in [-0.2, -0.15) is 0 Å². The lowest BCUT2D eigenvalue weighted by Gasteiger charge is -2.33. The summed E-state index contributed by atoms with van der Waals surface area (Å²) in [5.41, 5.74) is 5.93. The molecule has 8 rings (SSSR count). The van der Waals surface area contributed by atoms with Crippen LogP contribution in [0.15, 0.2) is 67.1 Å². The van der Waals surface area contributed by atoms with Crippen molar-refractivity contribution in [3.63, 3.8) is 0 Å². The first-order chi connectivity index (χ1) is 22.8. The minimum atomic E-state index is -1.89. The number of hydrogen-bond donors (Lipinski definition) is 3. The van der Waals surface area contributed by atoms with Crippen LogP contribution in [0.1, 0.15) is 54.8 Å². The zero-order chi connectivity index (χ0) is 32.3. The molecule has 2 aromatic carbocycles. The number of rotatable bonds is 8. The van der Waals surface area contributed by atoms with Crippen LogP contribution in [0.2, 0.25) is 0 Å². The van der Waals surface area contributed by atoms with Gasteiger partial charge in [0.2, 0.25) is 5.91 Å². The molecular formula is C37H40FN7O2. The summed E-state index contributed by atoms with van der Waals surface area (Å²) in [6.45, 7) is 3.91. The van der Waals surface area contributed by atoms with Crippen molar-refractivity contribution in [2.24, 2.45) is 7.05 Å². The number of amides is 2. The van der Waals surface area contributed by atoms with Gasteiger partial charge in [-0.25, -0.2) is 14.4 Å². The molecule has 47 heavy (non-hydrogen) atoms. The van der Waals surface area contributed by atoms with E-state index in [4.69, 9.17) is 4.98 Å². The maximum atomic E-state index is 15.0. The van der Waals surface area contributed by atoms with Gasteiger partial charge in [0.1, 0.15) is 11.9 Å². The predicted octanol–water partition coefficient (Wildman–Crippen LogP) is 5.05. The minimum Gasteiger partial charge on any atom is -0.351 e. The second-order valence-electron chi connectivity index (χ2n) is 13.7.